The fourth-order valence-corrected chi connectivity index (χ4v) is 10.6. The predicted octanol–water partition coefficient (Wildman–Crippen LogP) is 12.3. The van der Waals surface area contributed by atoms with Gasteiger partial charge >= 0.3 is 0 Å². The molecule has 7 unspecified atom stereocenters. The van der Waals surface area contributed by atoms with Crippen LogP contribution in [-0.2, 0) is 18.9 Å². The molecular weight excluding hydrogens is 745 g/mol. The van der Waals surface area contributed by atoms with Gasteiger partial charge in [0.2, 0.25) is 0 Å². The van der Waals surface area contributed by atoms with Gasteiger partial charge in [-0.1, -0.05) is 55.4 Å². The average molecular weight is 845 g/mol. The van der Waals surface area contributed by atoms with Crippen LogP contribution in [0, 0.1) is 47.3 Å². The minimum Gasteiger partial charge on any atom is -0.381 e. The highest BCUT2D eigenvalue weighted by Gasteiger charge is 2.20. The summed E-state index contributed by atoms with van der Waals surface area (Å²) in [6, 6.07) is 0. The lowest BCUT2D eigenvalue weighted by atomic mass is 9.95. The average Bonchev–Trinajstić information content (AvgIpc) is 4.00. The second-order valence-corrected chi connectivity index (χ2v) is 22.4. The van der Waals surface area contributed by atoms with Gasteiger partial charge in [-0.3, -0.25) is 0 Å². The van der Waals surface area contributed by atoms with Gasteiger partial charge in [-0.25, -0.2) is 0 Å². The summed E-state index contributed by atoms with van der Waals surface area (Å²) >= 11 is 4.18. The van der Waals surface area contributed by atoms with Crippen molar-refractivity contribution in [3.8, 4) is 0 Å². The third kappa shape index (κ3) is 33.7. The Bertz CT molecular complexity index is 764. The van der Waals surface area contributed by atoms with Crippen LogP contribution in [-0.4, -0.2) is 124 Å². The fourth-order valence-electron chi connectivity index (χ4n) is 8.00. The van der Waals surface area contributed by atoms with Crippen LogP contribution in [0.2, 0.25) is 0 Å². The molecule has 8 aliphatic rings. The molecule has 8 rings (SSSR count). The molecule has 8 aliphatic heterocycles. The molecule has 0 spiro atoms. The zero-order valence-corrected chi connectivity index (χ0v) is 42.0. The van der Waals surface area contributed by atoms with Crippen molar-refractivity contribution in [3.05, 3.63) is 0 Å². The van der Waals surface area contributed by atoms with Crippen molar-refractivity contribution in [2.24, 2.45) is 47.3 Å². The number of hydrogen-bond acceptors (Lipinski definition) is 8. The van der Waals surface area contributed by atoms with Gasteiger partial charge in [0.15, 0.2) is 0 Å². The molecule has 0 aromatic rings. The molecule has 8 heteroatoms. The highest BCUT2D eigenvalue weighted by Crippen LogP contribution is 2.24. The van der Waals surface area contributed by atoms with Gasteiger partial charge in [0.25, 0.3) is 0 Å². The molecule has 0 amide bonds. The lowest BCUT2D eigenvalue weighted by Crippen LogP contribution is -2.28. The lowest BCUT2D eigenvalue weighted by Gasteiger charge is -2.29. The van der Waals surface area contributed by atoms with Crippen molar-refractivity contribution < 1.29 is 18.9 Å². The van der Waals surface area contributed by atoms with E-state index in [1.54, 1.807) is 0 Å². The first-order valence-corrected chi connectivity index (χ1v) is 26.4. The van der Waals surface area contributed by atoms with Crippen molar-refractivity contribution in [3.63, 3.8) is 0 Å². The van der Waals surface area contributed by atoms with Crippen molar-refractivity contribution in [2.45, 2.75) is 172 Å². The second-order valence-electron chi connectivity index (χ2n) is 20.0. The normalized spacial score (nSPS) is 33.6. The third-order valence-corrected chi connectivity index (χ3v) is 14.7. The Hall–Kier alpha value is 0.460. The van der Waals surface area contributed by atoms with Gasteiger partial charge in [-0.05, 0) is 202 Å². The lowest BCUT2D eigenvalue weighted by molar-refractivity contribution is -0.0485. The highest BCUT2D eigenvalue weighted by molar-refractivity contribution is 7.99. The van der Waals surface area contributed by atoms with E-state index in [0.717, 1.165) is 80.4 Å². The van der Waals surface area contributed by atoms with Crippen molar-refractivity contribution in [1.82, 2.24) is 9.80 Å². The summed E-state index contributed by atoms with van der Waals surface area (Å²) in [6.45, 7) is 34.9. The van der Waals surface area contributed by atoms with Crippen LogP contribution in [0.3, 0.4) is 0 Å². The Labute approximate surface area is 365 Å². The summed E-state index contributed by atoms with van der Waals surface area (Å²) in [5.74, 6) is 13.0. The maximum atomic E-state index is 5.56. The zero-order valence-electron chi connectivity index (χ0n) is 40.4. The number of piperidine rings is 1. The SMILES string of the molecule is CC1CC(C)OC(C)C1.CC1CCN(C)C1.CC1CCN(C)CC1.CC1CCOC1.CC1CCOCC1.CC1CCSC1.CC1CCSCC1.CC1COC(C)C1. The van der Waals surface area contributed by atoms with Crippen molar-refractivity contribution in [1.29, 1.82) is 0 Å². The van der Waals surface area contributed by atoms with Gasteiger partial charge in [0.1, 0.15) is 0 Å². The zero-order chi connectivity index (χ0) is 42.4. The number of likely N-dealkylation sites (tertiary alicyclic amines) is 2. The molecule has 57 heavy (non-hydrogen) atoms. The molecule has 342 valence electrons. The van der Waals surface area contributed by atoms with Crippen LogP contribution in [0.25, 0.3) is 0 Å². The Morgan fingerprint density at radius 2 is 0.877 bits per heavy atom. The van der Waals surface area contributed by atoms with Crippen molar-refractivity contribution in [2.75, 3.05) is 96.3 Å². The second kappa shape index (κ2) is 35.0. The van der Waals surface area contributed by atoms with Crippen molar-refractivity contribution >= 4 is 23.5 Å². The maximum Gasteiger partial charge on any atom is 0.0553 e. The van der Waals surface area contributed by atoms with E-state index >= 15 is 0 Å². The molecule has 0 N–H and O–H groups in total. The summed E-state index contributed by atoms with van der Waals surface area (Å²) in [6.07, 6.45) is 17.6. The smallest absolute Gasteiger partial charge is 0.0553 e. The Morgan fingerprint density at radius 3 is 1.12 bits per heavy atom. The van der Waals surface area contributed by atoms with E-state index in [9.17, 15) is 0 Å². The Balaban J connectivity index is 0.000000327. The molecule has 0 saturated carbocycles. The van der Waals surface area contributed by atoms with Crippen LogP contribution in [0.15, 0.2) is 0 Å². The number of thioether (sulfide) groups is 2. The standard InChI is InChI=1S/C8H16O.C7H15N.C6H13N.2C6H12O.C6H12S.C5H10O.C5H10S/c1-6-4-7(2)9-8(3)5-6;1-7-3-5-8(2)6-4-7;1-6-3-4-7(2)5-6;1-5-3-6(2)7-4-5;2*1-6-2-4-7-5-3-6;2*1-5-2-3-6-4-5/h6-8H,4-5H2,1-3H3;7H,3-6H2,1-2H3;6H,3-5H2,1-2H3;5-6H,3-4H2,1-2H3;2*6H,2-5H2,1H3;2*5H,2-4H2,1H3. The molecule has 6 nitrogen and oxygen atoms in total. The predicted molar refractivity (Wildman–Crippen MR) is 255 cm³/mol. The number of hydrogen-bond donors (Lipinski definition) is 0. The number of nitrogens with zero attached hydrogens (tertiary/aromatic N) is 2. The Morgan fingerprint density at radius 1 is 0.404 bits per heavy atom. The summed E-state index contributed by atoms with van der Waals surface area (Å²) < 4.78 is 21.0. The van der Waals surface area contributed by atoms with Gasteiger partial charge in [-0.15, -0.1) is 0 Å². The summed E-state index contributed by atoms with van der Waals surface area (Å²) in [4.78, 5) is 4.78. The minimum atomic E-state index is 0.490. The fraction of sp³-hybridized carbons (Fsp3) is 1.00. The van der Waals surface area contributed by atoms with Gasteiger partial charge in [-0.2, -0.15) is 23.5 Å². The molecule has 0 bridgehead atoms. The Kier molecular flexibility index (Phi) is 34.0. The monoisotopic (exact) mass is 845 g/mol. The molecule has 8 fully saturated rings. The summed E-state index contributed by atoms with van der Waals surface area (Å²) in [5.41, 5.74) is 0. The first kappa shape index (κ1) is 55.5. The maximum absolute atomic E-state index is 5.56. The van der Waals surface area contributed by atoms with E-state index in [4.69, 9.17) is 18.9 Å². The van der Waals surface area contributed by atoms with E-state index in [1.807, 2.05) is 0 Å². The minimum absolute atomic E-state index is 0.490. The molecule has 7 atom stereocenters. The number of rotatable bonds is 0. The van der Waals surface area contributed by atoms with Crippen LogP contribution in [0.5, 0.6) is 0 Å². The van der Waals surface area contributed by atoms with E-state index in [0.29, 0.717) is 18.3 Å². The summed E-state index contributed by atoms with van der Waals surface area (Å²) in [5, 5.41) is 0. The van der Waals surface area contributed by atoms with Crippen LogP contribution >= 0.6 is 23.5 Å². The third-order valence-electron chi connectivity index (χ3n) is 12.3. The van der Waals surface area contributed by atoms with Crippen LogP contribution < -0.4 is 0 Å². The summed E-state index contributed by atoms with van der Waals surface area (Å²) in [7, 11) is 4.38. The molecule has 8 heterocycles. The van der Waals surface area contributed by atoms with E-state index in [1.165, 1.54) is 126 Å². The highest BCUT2D eigenvalue weighted by atomic mass is 32.2. The van der Waals surface area contributed by atoms with E-state index < -0.39 is 0 Å². The first-order chi connectivity index (χ1) is 27.1. The largest absolute Gasteiger partial charge is 0.381 e. The first-order valence-electron chi connectivity index (χ1n) is 24.1. The van der Waals surface area contributed by atoms with Crippen LogP contribution in [0.4, 0.5) is 0 Å². The number of ether oxygens (including phenoxy) is 4. The van der Waals surface area contributed by atoms with Gasteiger partial charge in [0, 0.05) is 39.6 Å². The van der Waals surface area contributed by atoms with Gasteiger partial charge in [0.05, 0.1) is 18.3 Å². The topological polar surface area (TPSA) is 43.4 Å². The molecule has 0 radical (unpaired) electrons. The van der Waals surface area contributed by atoms with E-state index in [2.05, 4.69) is 124 Å². The van der Waals surface area contributed by atoms with Crippen LogP contribution in [0.1, 0.15) is 153 Å². The molecule has 0 aromatic heterocycles. The van der Waals surface area contributed by atoms with E-state index in [-0.39, 0.29) is 0 Å². The molecule has 8 saturated heterocycles. The molecular formula is C49H100N2O4S2. The van der Waals surface area contributed by atoms with Gasteiger partial charge < -0.3 is 28.7 Å². The molecule has 0 aromatic carbocycles. The molecule has 0 aliphatic carbocycles. The quantitative estimate of drug-likeness (QED) is 0.239.